The van der Waals surface area contributed by atoms with E-state index in [0.29, 0.717) is 5.92 Å². The number of hydrogen-bond donors (Lipinski definition) is 0. The summed E-state index contributed by atoms with van der Waals surface area (Å²) in [5, 5.41) is 9.10. The van der Waals surface area contributed by atoms with Gasteiger partial charge in [0.1, 0.15) is 0 Å². The molecular formula is C14H17N. The van der Waals surface area contributed by atoms with Crippen LogP contribution >= 0.6 is 0 Å². The van der Waals surface area contributed by atoms with Crippen LogP contribution in [-0.2, 0) is 0 Å². The Bertz CT molecular complexity index is 334. The molecule has 1 nitrogen and oxygen atoms in total. The molecule has 0 radical (unpaired) electrons. The summed E-state index contributed by atoms with van der Waals surface area (Å²) < 4.78 is 0. The van der Waals surface area contributed by atoms with Crippen molar-refractivity contribution < 1.29 is 0 Å². The molecule has 0 amide bonds. The van der Waals surface area contributed by atoms with Gasteiger partial charge in [-0.1, -0.05) is 43.3 Å². The van der Waals surface area contributed by atoms with Crippen LogP contribution in [0.15, 0.2) is 43.0 Å². The average Bonchev–Trinajstić information content (AvgIpc) is 2.30. The largest absolute Gasteiger partial charge is 0.198 e. The summed E-state index contributed by atoms with van der Waals surface area (Å²) in [4.78, 5) is 0. The first-order valence-electron chi connectivity index (χ1n) is 5.39. The second-order valence-electron chi connectivity index (χ2n) is 3.69. The highest BCUT2D eigenvalue weighted by Gasteiger charge is 2.19. The van der Waals surface area contributed by atoms with Crippen molar-refractivity contribution in [3.8, 4) is 6.07 Å². The Hall–Kier alpha value is -1.55. The van der Waals surface area contributed by atoms with Gasteiger partial charge in [-0.2, -0.15) is 5.26 Å². The van der Waals surface area contributed by atoms with E-state index < -0.39 is 0 Å². The van der Waals surface area contributed by atoms with Gasteiger partial charge < -0.3 is 0 Å². The lowest BCUT2D eigenvalue weighted by Gasteiger charge is -2.19. The van der Waals surface area contributed by atoms with Crippen LogP contribution in [-0.4, -0.2) is 0 Å². The van der Waals surface area contributed by atoms with Gasteiger partial charge in [0.2, 0.25) is 0 Å². The van der Waals surface area contributed by atoms with E-state index >= 15 is 0 Å². The van der Waals surface area contributed by atoms with Gasteiger partial charge in [0.05, 0.1) is 12.0 Å². The van der Waals surface area contributed by atoms with Gasteiger partial charge in [0, 0.05) is 5.92 Å². The maximum Gasteiger partial charge on any atom is 0.0662 e. The van der Waals surface area contributed by atoms with Gasteiger partial charge in [-0.05, 0) is 18.4 Å². The van der Waals surface area contributed by atoms with Crippen LogP contribution in [0.1, 0.15) is 31.2 Å². The molecular weight excluding hydrogens is 182 g/mol. The zero-order chi connectivity index (χ0) is 11.1. The normalized spacial score (nSPS) is 13.9. The molecule has 1 rings (SSSR count). The summed E-state index contributed by atoms with van der Waals surface area (Å²) in [7, 11) is 0. The molecule has 0 heterocycles. The molecule has 1 heteroatoms. The molecule has 15 heavy (non-hydrogen) atoms. The summed E-state index contributed by atoms with van der Waals surface area (Å²) in [6, 6.07) is 12.6. The van der Waals surface area contributed by atoms with Gasteiger partial charge in [-0.15, -0.1) is 6.58 Å². The third-order valence-corrected chi connectivity index (χ3v) is 2.74. The second kappa shape index (κ2) is 6.03. The average molecular weight is 199 g/mol. The smallest absolute Gasteiger partial charge is 0.0662 e. The van der Waals surface area contributed by atoms with Crippen molar-refractivity contribution in [2.45, 2.75) is 25.7 Å². The highest BCUT2D eigenvalue weighted by molar-refractivity contribution is 5.22. The van der Waals surface area contributed by atoms with E-state index in [9.17, 15) is 0 Å². The minimum atomic E-state index is 0.0883. The SMILES string of the molecule is C=CCC(c1ccccc1)C(C#N)CC. The number of nitrogens with zero attached hydrogens (tertiary/aromatic N) is 1. The summed E-state index contributed by atoms with van der Waals surface area (Å²) in [6.07, 6.45) is 3.66. The molecule has 2 unspecified atom stereocenters. The first kappa shape index (κ1) is 11.5. The standard InChI is InChI=1S/C14H17N/c1-3-8-14(12(4-2)11-15)13-9-6-5-7-10-13/h3,5-7,9-10,12,14H,1,4,8H2,2H3. The predicted octanol–water partition coefficient (Wildman–Crippen LogP) is 3.90. The van der Waals surface area contributed by atoms with Crippen molar-refractivity contribution in [1.82, 2.24) is 0 Å². The Morgan fingerprint density at radius 1 is 1.40 bits per heavy atom. The van der Waals surface area contributed by atoms with Gasteiger partial charge >= 0.3 is 0 Å². The van der Waals surface area contributed by atoms with Crippen molar-refractivity contribution in [2.24, 2.45) is 5.92 Å². The van der Waals surface area contributed by atoms with Crippen molar-refractivity contribution in [3.63, 3.8) is 0 Å². The van der Waals surface area contributed by atoms with Crippen LogP contribution in [0.2, 0.25) is 0 Å². The fraction of sp³-hybridized carbons (Fsp3) is 0.357. The van der Waals surface area contributed by atoms with E-state index in [2.05, 4.69) is 31.7 Å². The first-order valence-corrected chi connectivity index (χ1v) is 5.39. The van der Waals surface area contributed by atoms with Crippen LogP contribution in [0, 0.1) is 17.2 Å². The Balaban J connectivity index is 2.92. The zero-order valence-electron chi connectivity index (χ0n) is 9.19. The van der Waals surface area contributed by atoms with E-state index in [4.69, 9.17) is 5.26 Å². The molecule has 2 atom stereocenters. The molecule has 78 valence electrons. The monoisotopic (exact) mass is 199 g/mol. The van der Waals surface area contributed by atoms with Gasteiger partial charge in [-0.3, -0.25) is 0 Å². The summed E-state index contributed by atoms with van der Waals surface area (Å²) in [5.74, 6) is 0.379. The van der Waals surface area contributed by atoms with Gasteiger partial charge in [0.25, 0.3) is 0 Å². The topological polar surface area (TPSA) is 23.8 Å². The van der Waals surface area contributed by atoms with Crippen molar-refractivity contribution in [3.05, 3.63) is 48.6 Å². The maximum atomic E-state index is 9.10. The van der Waals surface area contributed by atoms with E-state index in [1.807, 2.05) is 24.3 Å². The fourth-order valence-electron chi connectivity index (χ4n) is 1.88. The predicted molar refractivity (Wildman–Crippen MR) is 63.4 cm³/mol. The van der Waals surface area contributed by atoms with Crippen LogP contribution < -0.4 is 0 Å². The Kier molecular flexibility index (Phi) is 4.63. The maximum absolute atomic E-state index is 9.10. The van der Waals surface area contributed by atoms with Crippen LogP contribution in [0.4, 0.5) is 0 Å². The lowest BCUT2D eigenvalue weighted by Crippen LogP contribution is -2.09. The number of rotatable bonds is 5. The van der Waals surface area contributed by atoms with Gasteiger partial charge in [0.15, 0.2) is 0 Å². The van der Waals surface area contributed by atoms with E-state index in [1.54, 1.807) is 0 Å². The van der Waals surface area contributed by atoms with Crippen molar-refractivity contribution >= 4 is 0 Å². The van der Waals surface area contributed by atoms with Crippen molar-refractivity contribution in [2.75, 3.05) is 0 Å². The minimum Gasteiger partial charge on any atom is -0.198 e. The fourth-order valence-corrected chi connectivity index (χ4v) is 1.88. The molecule has 1 aromatic carbocycles. The molecule has 0 saturated carbocycles. The molecule has 1 aromatic rings. The summed E-state index contributed by atoms with van der Waals surface area (Å²) in [5.41, 5.74) is 1.24. The quantitative estimate of drug-likeness (QED) is 0.660. The van der Waals surface area contributed by atoms with Crippen LogP contribution in [0.25, 0.3) is 0 Å². The zero-order valence-corrected chi connectivity index (χ0v) is 9.19. The lowest BCUT2D eigenvalue weighted by atomic mass is 9.83. The molecule has 0 saturated heterocycles. The molecule has 0 N–H and O–H groups in total. The number of allylic oxidation sites excluding steroid dienone is 1. The number of benzene rings is 1. The highest BCUT2D eigenvalue weighted by atomic mass is 14.3. The van der Waals surface area contributed by atoms with Crippen LogP contribution in [0.5, 0.6) is 0 Å². The third-order valence-electron chi connectivity index (χ3n) is 2.74. The Labute approximate surface area is 92.1 Å². The van der Waals surface area contributed by atoms with E-state index in [0.717, 1.165) is 12.8 Å². The lowest BCUT2D eigenvalue weighted by molar-refractivity contribution is 0.507. The third kappa shape index (κ3) is 2.95. The summed E-state index contributed by atoms with van der Waals surface area (Å²) >= 11 is 0. The highest BCUT2D eigenvalue weighted by Crippen LogP contribution is 2.30. The molecule has 0 bridgehead atoms. The molecule has 0 fully saturated rings. The minimum absolute atomic E-state index is 0.0883. The second-order valence-corrected chi connectivity index (χ2v) is 3.69. The van der Waals surface area contributed by atoms with Gasteiger partial charge in [-0.25, -0.2) is 0 Å². The number of hydrogen-bond acceptors (Lipinski definition) is 1. The molecule has 0 aromatic heterocycles. The molecule has 0 aliphatic carbocycles. The van der Waals surface area contributed by atoms with Crippen molar-refractivity contribution in [1.29, 1.82) is 5.26 Å². The summed E-state index contributed by atoms with van der Waals surface area (Å²) in [6.45, 7) is 5.83. The van der Waals surface area contributed by atoms with Crippen LogP contribution in [0.3, 0.4) is 0 Å². The number of nitriles is 1. The van der Waals surface area contributed by atoms with E-state index in [-0.39, 0.29) is 5.92 Å². The van der Waals surface area contributed by atoms with E-state index in [1.165, 1.54) is 5.56 Å². The Morgan fingerprint density at radius 3 is 2.53 bits per heavy atom. The Morgan fingerprint density at radius 2 is 2.07 bits per heavy atom. The molecule has 0 spiro atoms. The molecule has 0 aliphatic heterocycles. The first-order chi connectivity index (χ1) is 7.33. The molecule has 0 aliphatic rings.